The summed E-state index contributed by atoms with van der Waals surface area (Å²) in [7, 11) is 1.75. The standard InChI is InChI=1S/C16H24BrClN2O/c1-16(2,3)13-11(17)14(18)20-15(19-13)12(21-4)10-8-6-5-7-9-10/h10,12H,5-9H2,1-4H3. The summed E-state index contributed by atoms with van der Waals surface area (Å²) >= 11 is 9.83. The fraction of sp³-hybridized carbons (Fsp3) is 0.750. The van der Waals surface area contributed by atoms with Crippen LogP contribution >= 0.6 is 27.5 Å². The Labute approximate surface area is 141 Å². The van der Waals surface area contributed by atoms with Crippen molar-refractivity contribution in [2.24, 2.45) is 5.92 Å². The third kappa shape index (κ3) is 3.96. The molecule has 0 aliphatic heterocycles. The number of ether oxygens (including phenoxy) is 1. The second kappa shape index (κ2) is 6.93. The molecule has 0 bridgehead atoms. The lowest BCUT2D eigenvalue weighted by Gasteiger charge is -2.29. The lowest BCUT2D eigenvalue weighted by atomic mass is 9.84. The van der Waals surface area contributed by atoms with Gasteiger partial charge in [0, 0.05) is 12.5 Å². The van der Waals surface area contributed by atoms with Crippen LogP contribution in [0, 0.1) is 5.92 Å². The summed E-state index contributed by atoms with van der Waals surface area (Å²) in [5.41, 5.74) is 0.848. The van der Waals surface area contributed by atoms with Crippen molar-refractivity contribution in [2.45, 2.75) is 64.4 Å². The molecule has 0 spiro atoms. The summed E-state index contributed by atoms with van der Waals surface area (Å²) in [6.07, 6.45) is 6.15. The smallest absolute Gasteiger partial charge is 0.159 e. The highest BCUT2D eigenvalue weighted by molar-refractivity contribution is 9.10. The number of nitrogens with zero attached hydrogens (tertiary/aromatic N) is 2. The van der Waals surface area contributed by atoms with E-state index in [1.165, 1.54) is 32.1 Å². The Hall–Kier alpha value is -0.190. The Morgan fingerprint density at radius 3 is 2.33 bits per heavy atom. The van der Waals surface area contributed by atoms with Gasteiger partial charge in [0.15, 0.2) is 5.82 Å². The molecule has 1 unspecified atom stereocenters. The van der Waals surface area contributed by atoms with Crippen molar-refractivity contribution in [3.63, 3.8) is 0 Å². The summed E-state index contributed by atoms with van der Waals surface area (Å²) in [5, 5.41) is 0.475. The maximum Gasteiger partial charge on any atom is 0.159 e. The molecule has 0 saturated heterocycles. The van der Waals surface area contributed by atoms with E-state index in [1.807, 2.05) is 0 Å². The van der Waals surface area contributed by atoms with Gasteiger partial charge in [-0.1, -0.05) is 51.6 Å². The first kappa shape index (κ1) is 17.2. The molecule has 1 aliphatic rings. The third-order valence-corrected chi connectivity index (χ3v) is 5.38. The van der Waals surface area contributed by atoms with Gasteiger partial charge in [-0.25, -0.2) is 9.97 Å². The van der Waals surface area contributed by atoms with Crippen molar-refractivity contribution in [3.8, 4) is 0 Å². The van der Waals surface area contributed by atoms with Crippen LogP contribution in [0.3, 0.4) is 0 Å². The van der Waals surface area contributed by atoms with E-state index in [2.05, 4.69) is 41.7 Å². The minimum absolute atomic E-state index is 0.0583. The number of aromatic nitrogens is 2. The number of hydrogen-bond donors (Lipinski definition) is 0. The Bertz CT molecular complexity index is 496. The summed E-state index contributed by atoms with van der Waals surface area (Å²) in [5.74, 6) is 1.22. The van der Waals surface area contributed by atoms with E-state index in [-0.39, 0.29) is 11.5 Å². The van der Waals surface area contributed by atoms with Gasteiger partial charge in [-0.2, -0.15) is 0 Å². The minimum atomic E-state index is -0.0922. The fourth-order valence-corrected chi connectivity index (χ4v) is 3.95. The summed E-state index contributed by atoms with van der Waals surface area (Å²) in [4.78, 5) is 9.26. The molecule has 3 nitrogen and oxygen atoms in total. The second-order valence-electron chi connectivity index (χ2n) is 6.84. The van der Waals surface area contributed by atoms with Gasteiger partial charge in [-0.3, -0.25) is 0 Å². The molecule has 2 rings (SSSR count). The highest BCUT2D eigenvalue weighted by Gasteiger charge is 2.30. The van der Waals surface area contributed by atoms with Crippen molar-refractivity contribution in [2.75, 3.05) is 7.11 Å². The SMILES string of the molecule is COC(c1nc(Cl)c(Br)c(C(C)(C)C)n1)C1CCCCC1. The van der Waals surface area contributed by atoms with E-state index in [0.717, 1.165) is 16.0 Å². The molecule has 0 radical (unpaired) electrons. The summed E-state index contributed by atoms with van der Waals surface area (Å²) in [6.45, 7) is 6.38. The average molecular weight is 376 g/mol. The molecule has 21 heavy (non-hydrogen) atoms. The summed E-state index contributed by atoms with van der Waals surface area (Å²) < 4.78 is 6.53. The van der Waals surface area contributed by atoms with Gasteiger partial charge in [-0.15, -0.1) is 0 Å². The highest BCUT2D eigenvalue weighted by atomic mass is 79.9. The number of methoxy groups -OCH3 is 1. The first-order valence-corrected chi connectivity index (χ1v) is 8.78. The molecule has 1 aromatic heterocycles. The molecular weight excluding hydrogens is 352 g/mol. The summed E-state index contributed by atoms with van der Waals surface area (Å²) in [6, 6.07) is 0. The average Bonchev–Trinajstić information content (AvgIpc) is 2.43. The molecule has 5 heteroatoms. The van der Waals surface area contributed by atoms with Crippen LogP contribution in [0.1, 0.15) is 70.5 Å². The Morgan fingerprint density at radius 1 is 1.19 bits per heavy atom. The number of rotatable bonds is 3. The predicted octanol–water partition coefficient (Wildman–Crippen LogP) is 5.46. The molecule has 1 fully saturated rings. The van der Waals surface area contributed by atoms with E-state index in [1.54, 1.807) is 7.11 Å². The Kier molecular flexibility index (Phi) is 5.66. The highest BCUT2D eigenvalue weighted by Crippen LogP contribution is 2.38. The van der Waals surface area contributed by atoms with Crippen LogP contribution in [-0.2, 0) is 10.2 Å². The van der Waals surface area contributed by atoms with Crippen molar-refractivity contribution in [3.05, 3.63) is 21.1 Å². The van der Waals surface area contributed by atoms with Crippen LogP contribution in [0.25, 0.3) is 0 Å². The zero-order valence-electron chi connectivity index (χ0n) is 13.2. The van der Waals surface area contributed by atoms with Crippen LogP contribution in [0.4, 0.5) is 0 Å². The monoisotopic (exact) mass is 374 g/mol. The quantitative estimate of drug-likeness (QED) is 0.658. The van der Waals surface area contributed by atoms with Crippen LogP contribution in [-0.4, -0.2) is 17.1 Å². The molecule has 1 atom stereocenters. The van der Waals surface area contributed by atoms with Crippen molar-refractivity contribution in [1.29, 1.82) is 0 Å². The van der Waals surface area contributed by atoms with Gasteiger partial charge in [0.1, 0.15) is 11.3 Å². The molecular formula is C16H24BrClN2O. The van der Waals surface area contributed by atoms with Gasteiger partial charge in [0.2, 0.25) is 0 Å². The van der Waals surface area contributed by atoms with Crippen molar-refractivity contribution in [1.82, 2.24) is 9.97 Å². The first-order chi connectivity index (χ1) is 9.84. The topological polar surface area (TPSA) is 35.0 Å². The second-order valence-corrected chi connectivity index (χ2v) is 7.99. The van der Waals surface area contributed by atoms with Crippen LogP contribution < -0.4 is 0 Å². The zero-order valence-corrected chi connectivity index (χ0v) is 15.6. The number of hydrogen-bond acceptors (Lipinski definition) is 3. The Balaban J connectivity index is 2.39. The lowest BCUT2D eigenvalue weighted by Crippen LogP contribution is -2.23. The largest absolute Gasteiger partial charge is 0.373 e. The first-order valence-electron chi connectivity index (χ1n) is 7.60. The van der Waals surface area contributed by atoms with Crippen molar-refractivity contribution < 1.29 is 4.74 Å². The molecule has 0 N–H and O–H groups in total. The normalized spacial score (nSPS) is 18.8. The minimum Gasteiger partial charge on any atom is -0.373 e. The van der Waals surface area contributed by atoms with E-state index < -0.39 is 0 Å². The lowest BCUT2D eigenvalue weighted by molar-refractivity contribution is 0.0286. The molecule has 1 heterocycles. The molecule has 1 aromatic rings. The number of halogens is 2. The van der Waals surface area contributed by atoms with Gasteiger partial charge in [0.25, 0.3) is 0 Å². The molecule has 118 valence electrons. The van der Waals surface area contributed by atoms with E-state index in [0.29, 0.717) is 11.1 Å². The van der Waals surface area contributed by atoms with E-state index in [9.17, 15) is 0 Å². The van der Waals surface area contributed by atoms with Crippen LogP contribution in [0.5, 0.6) is 0 Å². The van der Waals surface area contributed by atoms with Crippen LogP contribution in [0.2, 0.25) is 5.15 Å². The van der Waals surface area contributed by atoms with Crippen molar-refractivity contribution >= 4 is 27.5 Å². The maximum absolute atomic E-state index is 6.31. The zero-order chi connectivity index (χ0) is 15.6. The molecule has 1 saturated carbocycles. The molecule has 0 aromatic carbocycles. The van der Waals surface area contributed by atoms with Gasteiger partial charge in [-0.05, 0) is 34.7 Å². The third-order valence-electron chi connectivity index (χ3n) is 4.12. The predicted molar refractivity (Wildman–Crippen MR) is 89.8 cm³/mol. The van der Waals surface area contributed by atoms with Gasteiger partial charge < -0.3 is 4.74 Å². The molecule has 1 aliphatic carbocycles. The molecule has 0 amide bonds. The van der Waals surface area contributed by atoms with Gasteiger partial charge >= 0.3 is 0 Å². The fourth-order valence-electron chi connectivity index (χ4n) is 3.01. The Morgan fingerprint density at radius 2 is 1.81 bits per heavy atom. The van der Waals surface area contributed by atoms with E-state index in [4.69, 9.17) is 21.3 Å². The van der Waals surface area contributed by atoms with Crippen LogP contribution in [0.15, 0.2) is 4.47 Å². The maximum atomic E-state index is 6.31. The van der Waals surface area contributed by atoms with E-state index >= 15 is 0 Å². The van der Waals surface area contributed by atoms with Gasteiger partial charge in [0.05, 0.1) is 10.2 Å².